The van der Waals surface area contributed by atoms with Crippen LogP contribution in [0.3, 0.4) is 0 Å². The maximum atomic E-state index is 5.85. The summed E-state index contributed by atoms with van der Waals surface area (Å²) in [6.45, 7) is 1.89. The van der Waals surface area contributed by atoms with Crippen molar-refractivity contribution in [3.05, 3.63) is 40.4 Å². The van der Waals surface area contributed by atoms with Crippen LogP contribution in [-0.2, 0) is 0 Å². The predicted molar refractivity (Wildman–Crippen MR) is 60.0 cm³/mol. The fourth-order valence-corrected chi connectivity index (χ4v) is 1.58. The quantitative estimate of drug-likeness (QED) is 0.832. The van der Waals surface area contributed by atoms with Crippen LogP contribution in [0.25, 0.3) is 5.70 Å². The van der Waals surface area contributed by atoms with Gasteiger partial charge in [-0.05, 0) is 19.1 Å². The van der Waals surface area contributed by atoms with Crippen LogP contribution < -0.4 is 11.5 Å². The first-order valence-corrected chi connectivity index (χ1v) is 4.88. The zero-order valence-electron chi connectivity index (χ0n) is 7.50. The molecule has 1 aromatic carbocycles. The minimum absolute atomic E-state index is 0.0212. The highest BCUT2D eigenvalue weighted by Crippen LogP contribution is 2.20. The third-order valence-electron chi connectivity index (χ3n) is 1.63. The number of rotatable bonds is 2. The smallest absolute Gasteiger partial charge is 0.0374 e. The van der Waals surface area contributed by atoms with Crippen molar-refractivity contribution in [2.24, 2.45) is 11.5 Å². The van der Waals surface area contributed by atoms with E-state index in [1.165, 1.54) is 0 Å². The van der Waals surface area contributed by atoms with E-state index in [-0.39, 0.29) is 6.04 Å². The normalized spacial score (nSPS) is 14.2. The zero-order valence-corrected chi connectivity index (χ0v) is 9.08. The predicted octanol–water partition coefficient (Wildman–Crippen LogP) is 2.10. The van der Waals surface area contributed by atoms with Crippen molar-refractivity contribution in [1.82, 2.24) is 0 Å². The molecule has 3 heteroatoms. The standard InChI is InChI=1S/C10H13BrN2/c1-7(12)6-10(13)8-4-2-3-5-9(8)11/h2-7H,12-13H2,1H3/b10-6-. The minimum Gasteiger partial charge on any atom is -0.398 e. The third kappa shape index (κ3) is 2.86. The van der Waals surface area contributed by atoms with Gasteiger partial charge in [0.05, 0.1) is 0 Å². The molecule has 0 saturated heterocycles. The molecule has 1 rings (SSSR count). The van der Waals surface area contributed by atoms with Crippen LogP contribution in [0.15, 0.2) is 34.8 Å². The minimum atomic E-state index is -0.0212. The van der Waals surface area contributed by atoms with Gasteiger partial charge in [0.25, 0.3) is 0 Å². The lowest BCUT2D eigenvalue weighted by Gasteiger charge is -2.05. The second-order valence-corrected chi connectivity index (χ2v) is 3.82. The van der Waals surface area contributed by atoms with Crippen molar-refractivity contribution in [3.63, 3.8) is 0 Å². The van der Waals surface area contributed by atoms with Crippen LogP contribution in [0.5, 0.6) is 0 Å². The lowest BCUT2D eigenvalue weighted by atomic mass is 10.1. The van der Waals surface area contributed by atoms with Crippen LogP contribution >= 0.6 is 15.9 Å². The fourth-order valence-electron chi connectivity index (χ4n) is 1.07. The van der Waals surface area contributed by atoms with Crippen LogP contribution in [-0.4, -0.2) is 6.04 Å². The number of benzene rings is 1. The molecule has 0 aromatic heterocycles. The van der Waals surface area contributed by atoms with Gasteiger partial charge in [-0.2, -0.15) is 0 Å². The lowest BCUT2D eigenvalue weighted by Crippen LogP contribution is -2.13. The van der Waals surface area contributed by atoms with E-state index in [0.29, 0.717) is 5.70 Å². The second-order valence-electron chi connectivity index (χ2n) is 2.96. The van der Waals surface area contributed by atoms with E-state index in [0.717, 1.165) is 10.0 Å². The summed E-state index contributed by atoms with van der Waals surface area (Å²) >= 11 is 3.43. The Hall–Kier alpha value is -0.800. The largest absolute Gasteiger partial charge is 0.398 e. The molecule has 1 unspecified atom stereocenters. The van der Waals surface area contributed by atoms with Crippen molar-refractivity contribution in [2.75, 3.05) is 0 Å². The number of hydrogen-bond acceptors (Lipinski definition) is 2. The van der Waals surface area contributed by atoms with Crippen molar-refractivity contribution in [2.45, 2.75) is 13.0 Å². The van der Waals surface area contributed by atoms with Crippen LogP contribution in [0.4, 0.5) is 0 Å². The van der Waals surface area contributed by atoms with Crippen molar-refractivity contribution in [3.8, 4) is 0 Å². The maximum Gasteiger partial charge on any atom is 0.0374 e. The molecule has 0 fully saturated rings. The summed E-state index contributed by atoms with van der Waals surface area (Å²) in [5, 5.41) is 0. The summed E-state index contributed by atoms with van der Waals surface area (Å²) in [7, 11) is 0. The molecule has 0 amide bonds. The Morgan fingerprint density at radius 3 is 2.62 bits per heavy atom. The van der Waals surface area contributed by atoms with Gasteiger partial charge in [0.2, 0.25) is 0 Å². The fraction of sp³-hybridized carbons (Fsp3) is 0.200. The van der Waals surface area contributed by atoms with E-state index < -0.39 is 0 Å². The third-order valence-corrected chi connectivity index (χ3v) is 2.32. The van der Waals surface area contributed by atoms with Gasteiger partial charge in [0.15, 0.2) is 0 Å². The average Bonchev–Trinajstić information content (AvgIpc) is 2.03. The molecule has 0 radical (unpaired) electrons. The highest BCUT2D eigenvalue weighted by atomic mass is 79.9. The molecule has 70 valence electrons. The van der Waals surface area contributed by atoms with Gasteiger partial charge >= 0.3 is 0 Å². The van der Waals surface area contributed by atoms with Gasteiger partial charge < -0.3 is 11.5 Å². The first-order chi connectivity index (χ1) is 6.11. The molecule has 0 saturated carbocycles. The van der Waals surface area contributed by atoms with Crippen LogP contribution in [0.2, 0.25) is 0 Å². The Kier molecular flexibility index (Phi) is 3.51. The topological polar surface area (TPSA) is 52.0 Å². The van der Waals surface area contributed by atoms with Crippen molar-refractivity contribution < 1.29 is 0 Å². The Bertz CT molecular complexity index is 318. The summed E-state index contributed by atoms with van der Waals surface area (Å²) in [4.78, 5) is 0. The molecular formula is C10H13BrN2. The molecule has 4 N–H and O–H groups in total. The monoisotopic (exact) mass is 240 g/mol. The Labute approximate surface area is 86.7 Å². The van der Waals surface area contributed by atoms with E-state index in [2.05, 4.69) is 15.9 Å². The summed E-state index contributed by atoms with van der Waals surface area (Å²) in [5.41, 5.74) is 13.2. The molecule has 13 heavy (non-hydrogen) atoms. The van der Waals surface area contributed by atoms with Gasteiger partial charge in [0.1, 0.15) is 0 Å². The highest BCUT2D eigenvalue weighted by molar-refractivity contribution is 9.10. The first kappa shape index (κ1) is 10.3. The van der Waals surface area contributed by atoms with E-state index in [1.807, 2.05) is 37.3 Å². The highest BCUT2D eigenvalue weighted by Gasteiger charge is 2.01. The summed E-state index contributed by atoms with van der Waals surface area (Å²) in [5.74, 6) is 0. The second kappa shape index (κ2) is 4.44. The van der Waals surface area contributed by atoms with Gasteiger partial charge in [-0.3, -0.25) is 0 Å². The molecule has 0 aliphatic heterocycles. The zero-order chi connectivity index (χ0) is 9.84. The average molecular weight is 241 g/mol. The molecule has 1 atom stereocenters. The Balaban J connectivity index is 3.02. The summed E-state index contributed by atoms with van der Waals surface area (Å²) in [6, 6.07) is 7.79. The van der Waals surface area contributed by atoms with E-state index in [9.17, 15) is 0 Å². The van der Waals surface area contributed by atoms with Gasteiger partial charge in [-0.25, -0.2) is 0 Å². The summed E-state index contributed by atoms with van der Waals surface area (Å²) in [6.07, 6.45) is 1.83. The van der Waals surface area contributed by atoms with Crippen LogP contribution in [0, 0.1) is 0 Å². The maximum absolute atomic E-state index is 5.85. The van der Waals surface area contributed by atoms with E-state index in [1.54, 1.807) is 0 Å². The molecule has 1 aromatic rings. The molecule has 0 aliphatic rings. The SMILES string of the molecule is CC(N)/C=C(\N)c1ccccc1Br. The molecular weight excluding hydrogens is 228 g/mol. The number of nitrogens with two attached hydrogens (primary N) is 2. The van der Waals surface area contributed by atoms with Crippen molar-refractivity contribution >= 4 is 21.6 Å². The molecule has 0 bridgehead atoms. The number of hydrogen-bond donors (Lipinski definition) is 2. The summed E-state index contributed by atoms with van der Waals surface area (Å²) < 4.78 is 0.990. The Morgan fingerprint density at radius 1 is 1.46 bits per heavy atom. The van der Waals surface area contributed by atoms with Crippen molar-refractivity contribution in [1.29, 1.82) is 0 Å². The molecule has 0 spiro atoms. The molecule has 0 heterocycles. The molecule has 2 nitrogen and oxygen atoms in total. The molecule has 0 aliphatic carbocycles. The first-order valence-electron chi connectivity index (χ1n) is 4.09. The van der Waals surface area contributed by atoms with E-state index >= 15 is 0 Å². The van der Waals surface area contributed by atoms with Gasteiger partial charge in [-0.15, -0.1) is 0 Å². The van der Waals surface area contributed by atoms with E-state index in [4.69, 9.17) is 11.5 Å². The Morgan fingerprint density at radius 2 is 2.08 bits per heavy atom. The number of halogens is 1. The van der Waals surface area contributed by atoms with Gasteiger partial charge in [0, 0.05) is 21.8 Å². The van der Waals surface area contributed by atoms with Crippen LogP contribution in [0.1, 0.15) is 12.5 Å². The lowest BCUT2D eigenvalue weighted by molar-refractivity contribution is 0.926. The van der Waals surface area contributed by atoms with Gasteiger partial charge in [-0.1, -0.05) is 34.1 Å².